The Morgan fingerprint density at radius 1 is 1.37 bits per heavy atom. The summed E-state index contributed by atoms with van der Waals surface area (Å²) in [5.41, 5.74) is 1.69. The van der Waals surface area contributed by atoms with Gasteiger partial charge in [-0.3, -0.25) is 4.68 Å². The average molecular weight is 281 g/mol. The molecule has 1 atom stereocenters. The maximum absolute atomic E-state index is 11.7. The number of nitrogens with zero attached hydrogens (tertiary/aromatic N) is 2. The number of aryl methyl sites for hydroxylation is 1. The predicted molar refractivity (Wildman–Crippen MR) is 76.2 cm³/mol. The second-order valence-electron chi connectivity index (χ2n) is 4.64. The van der Waals surface area contributed by atoms with Crippen molar-refractivity contribution in [1.29, 1.82) is 0 Å². The molecule has 0 fully saturated rings. The van der Waals surface area contributed by atoms with Gasteiger partial charge in [0, 0.05) is 11.9 Å². The molecule has 0 saturated carbocycles. The van der Waals surface area contributed by atoms with Crippen molar-refractivity contribution in [3.05, 3.63) is 30.0 Å². The molecule has 2 N–H and O–H groups in total. The van der Waals surface area contributed by atoms with Crippen LogP contribution in [0.3, 0.4) is 0 Å². The molecule has 0 spiro atoms. The lowest BCUT2D eigenvalue weighted by Crippen LogP contribution is -2.21. The third-order valence-electron chi connectivity index (χ3n) is 3.29. The number of rotatable bonds is 5. The molecule has 1 aromatic heterocycles. The van der Waals surface area contributed by atoms with Crippen molar-refractivity contribution < 1.29 is 8.42 Å². The second kappa shape index (κ2) is 5.30. The summed E-state index contributed by atoms with van der Waals surface area (Å²) in [6.45, 7) is 4.70. The van der Waals surface area contributed by atoms with Crippen molar-refractivity contribution >= 4 is 20.9 Å². The minimum atomic E-state index is -3.58. The van der Waals surface area contributed by atoms with Crippen LogP contribution in [-0.4, -0.2) is 18.2 Å². The summed E-state index contributed by atoms with van der Waals surface area (Å²) in [6, 6.07) is 5.61. The van der Waals surface area contributed by atoms with Gasteiger partial charge in [-0.2, -0.15) is 5.10 Å². The molecule has 0 aliphatic heterocycles. The van der Waals surface area contributed by atoms with E-state index in [4.69, 9.17) is 5.14 Å². The molecule has 1 aromatic carbocycles. The molecule has 1 heterocycles. The Bertz CT molecular complexity index is 676. The number of hydrogen-bond acceptors (Lipinski definition) is 3. The molecule has 0 saturated heterocycles. The molecule has 0 amide bonds. The van der Waals surface area contributed by atoms with E-state index >= 15 is 0 Å². The first-order chi connectivity index (χ1) is 8.97. The Balaban J connectivity index is 2.54. The number of fused-ring (bicyclic) bond motifs is 1. The van der Waals surface area contributed by atoms with Crippen molar-refractivity contribution in [2.75, 3.05) is 0 Å². The van der Waals surface area contributed by atoms with E-state index < -0.39 is 15.3 Å². The van der Waals surface area contributed by atoms with Gasteiger partial charge in [-0.1, -0.05) is 25.5 Å². The van der Waals surface area contributed by atoms with Crippen molar-refractivity contribution in [2.24, 2.45) is 5.14 Å². The van der Waals surface area contributed by atoms with E-state index in [1.807, 2.05) is 36.7 Å². The van der Waals surface area contributed by atoms with E-state index in [2.05, 4.69) is 5.10 Å². The van der Waals surface area contributed by atoms with Crippen LogP contribution in [0.4, 0.5) is 0 Å². The normalized spacial score (nSPS) is 13.8. The first-order valence-electron chi connectivity index (χ1n) is 6.44. The zero-order valence-corrected chi connectivity index (χ0v) is 12.0. The highest BCUT2D eigenvalue weighted by Crippen LogP contribution is 2.28. The van der Waals surface area contributed by atoms with Crippen molar-refractivity contribution in [1.82, 2.24) is 9.78 Å². The summed E-state index contributed by atoms with van der Waals surface area (Å²) >= 11 is 0. The fourth-order valence-electron chi connectivity index (χ4n) is 2.32. The van der Waals surface area contributed by atoms with Gasteiger partial charge in [0.05, 0.1) is 11.7 Å². The van der Waals surface area contributed by atoms with E-state index in [9.17, 15) is 8.42 Å². The van der Waals surface area contributed by atoms with Gasteiger partial charge in [-0.15, -0.1) is 0 Å². The maximum Gasteiger partial charge on any atom is 0.216 e. The summed E-state index contributed by atoms with van der Waals surface area (Å²) in [7, 11) is -3.58. The Labute approximate surface area is 113 Å². The van der Waals surface area contributed by atoms with Gasteiger partial charge >= 0.3 is 0 Å². The zero-order valence-electron chi connectivity index (χ0n) is 11.2. The topological polar surface area (TPSA) is 78.0 Å². The average Bonchev–Trinajstić information content (AvgIpc) is 2.76. The molecule has 5 nitrogen and oxygen atoms in total. The van der Waals surface area contributed by atoms with Crippen molar-refractivity contribution in [3.8, 4) is 0 Å². The molecule has 0 aliphatic rings. The summed E-state index contributed by atoms with van der Waals surface area (Å²) in [6.07, 6.45) is 3.09. The minimum Gasteiger partial charge on any atom is -0.265 e. The summed E-state index contributed by atoms with van der Waals surface area (Å²) < 4.78 is 25.3. The lowest BCUT2D eigenvalue weighted by Gasteiger charge is -2.14. The maximum atomic E-state index is 11.7. The van der Waals surface area contributed by atoms with Gasteiger partial charge in [0.2, 0.25) is 10.0 Å². The molecule has 104 valence electrons. The summed E-state index contributed by atoms with van der Waals surface area (Å²) in [5, 5.41) is 9.97. The van der Waals surface area contributed by atoms with Crippen LogP contribution in [-0.2, 0) is 16.6 Å². The van der Waals surface area contributed by atoms with E-state index in [0.717, 1.165) is 29.4 Å². The van der Waals surface area contributed by atoms with Crippen LogP contribution in [0, 0.1) is 0 Å². The van der Waals surface area contributed by atoms with Crippen molar-refractivity contribution in [2.45, 2.75) is 38.5 Å². The van der Waals surface area contributed by atoms with Crippen LogP contribution in [0.5, 0.6) is 0 Å². The first kappa shape index (κ1) is 14.0. The molecule has 0 bridgehead atoms. The van der Waals surface area contributed by atoms with Crippen LogP contribution in [0.15, 0.2) is 24.4 Å². The number of aromatic nitrogens is 2. The molecule has 0 aliphatic carbocycles. The number of benzene rings is 1. The quantitative estimate of drug-likeness (QED) is 0.912. The summed E-state index contributed by atoms with van der Waals surface area (Å²) in [5.74, 6) is 0. The molecule has 6 heteroatoms. The molecule has 2 rings (SSSR count). The number of sulfonamides is 1. The highest BCUT2D eigenvalue weighted by molar-refractivity contribution is 7.89. The van der Waals surface area contributed by atoms with Crippen LogP contribution in [0.1, 0.15) is 37.5 Å². The molecule has 2 aromatic rings. The Morgan fingerprint density at radius 3 is 2.68 bits per heavy atom. The van der Waals surface area contributed by atoms with Crippen LogP contribution in [0.25, 0.3) is 10.9 Å². The lowest BCUT2D eigenvalue weighted by atomic mass is 10.1. The van der Waals surface area contributed by atoms with Gasteiger partial charge in [0.25, 0.3) is 0 Å². The third-order valence-corrected chi connectivity index (χ3v) is 4.59. The first-order valence-corrected chi connectivity index (χ1v) is 8.05. The number of primary sulfonamides is 1. The fraction of sp³-hybridized carbons (Fsp3) is 0.462. The van der Waals surface area contributed by atoms with Gasteiger partial charge in [-0.25, -0.2) is 13.6 Å². The fourth-order valence-corrected chi connectivity index (χ4v) is 3.41. The monoisotopic (exact) mass is 281 g/mol. The highest BCUT2D eigenvalue weighted by Gasteiger charge is 2.23. The van der Waals surface area contributed by atoms with Gasteiger partial charge < -0.3 is 0 Å². The van der Waals surface area contributed by atoms with Gasteiger partial charge in [0.15, 0.2) is 0 Å². The molecular weight excluding hydrogens is 262 g/mol. The molecule has 19 heavy (non-hydrogen) atoms. The number of nitrogens with two attached hydrogens (primary N) is 1. The minimum absolute atomic E-state index is 0.532. The summed E-state index contributed by atoms with van der Waals surface area (Å²) in [4.78, 5) is 0. The third kappa shape index (κ3) is 2.79. The highest BCUT2D eigenvalue weighted by atomic mass is 32.2. The smallest absolute Gasteiger partial charge is 0.216 e. The SMILES string of the molecule is CCCC(c1ccc2cnn(CC)c2c1)S(N)(=O)=O. The van der Waals surface area contributed by atoms with Crippen LogP contribution >= 0.6 is 0 Å². The van der Waals surface area contributed by atoms with E-state index in [0.29, 0.717) is 6.42 Å². The predicted octanol–water partition coefficient (Wildman–Crippen LogP) is 2.19. The Hall–Kier alpha value is -1.40. The van der Waals surface area contributed by atoms with E-state index in [1.54, 1.807) is 6.20 Å². The molecule has 1 unspecified atom stereocenters. The number of hydrogen-bond donors (Lipinski definition) is 1. The van der Waals surface area contributed by atoms with Gasteiger partial charge in [-0.05, 0) is 25.0 Å². The standard InChI is InChI=1S/C13H19N3O2S/c1-3-5-13(19(14,17)18)10-6-7-11-9-15-16(4-2)12(11)8-10/h6-9,13H,3-5H2,1-2H3,(H2,14,17,18). The Morgan fingerprint density at radius 2 is 2.11 bits per heavy atom. The molecule has 0 radical (unpaired) electrons. The lowest BCUT2D eigenvalue weighted by molar-refractivity contribution is 0.575. The van der Waals surface area contributed by atoms with Crippen LogP contribution < -0.4 is 5.14 Å². The largest absolute Gasteiger partial charge is 0.265 e. The van der Waals surface area contributed by atoms with Crippen molar-refractivity contribution in [3.63, 3.8) is 0 Å². The van der Waals surface area contributed by atoms with E-state index in [1.165, 1.54) is 0 Å². The van der Waals surface area contributed by atoms with Crippen LogP contribution in [0.2, 0.25) is 0 Å². The molecular formula is C13H19N3O2S. The Kier molecular flexibility index (Phi) is 3.91. The second-order valence-corrected chi connectivity index (χ2v) is 6.39. The van der Waals surface area contributed by atoms with Gasteiger partial charge in [0.1, 0.15) is 5.25 Å². The zero-order chi connectivity index (χ0) is 14.0. The van der Waals surface area contributed by atoms with E-state index in [-0.39, 0.29) is 0 Å².